The number of fused-ring (bicyclic) bond motifs is 1. The Morgan fingerprint density at radius 3 is 2.49 bits per heavy atom. The van der Waals surface area contributed by atoms with Crippen molar-refractivity contribution in [2.75, 3.05) is 32.1 Å². The van der Waals surface area contributed by atoms with E-state index in [1.54, 1.807) is 13.2 Å². The summed E-state index contributed by atoms with van der Waals surface area (Å²) in [5, 5.41) is 21.4. The van der Waals surface area contributed by atoms with Gasteiger partial charge in [0.25, 0.3) is 0 Å². The Morgan fingerprint density at radius 2 is 1.88 bits per heavy atom. The van der Waals surface area contributed by atoms with Crippen LogP contribution in [0.2, 0.25) is 0 Å². The summed E-state index contributed by atoms with van der Waals surface area (Å²) in [5.41, 5.74) is 0.646. The zero-order valence-corrected chi connectivity index (χ0v) is 23.1. The Bertz CT molecular complexity index is 1400. The molecule has 1 aromatic carbocycles. The lowest BCUT2D eigenvalue weighted by Crippen LogP contribution is -2.63. The lowest BCUT2D eigenvalue weighted by atomic mass is 9.77. The average molecular weight is 579 g/mol. The maximum absolute atomic E-state index is 14.7. The first-order chi connectivity index (χ1) is 19.3. The molecule has 1 saturated carbocycles. The molecule has 1 aliphatic heterocycles. The van der Waals surface area contributed by atoms with E-state index in [0.717, 1.165) is 36.2 Å². The zero-order valence-electron chi connectivity index (χ0n) is 23.1. The molecule has 9 nitrogen and oxygen atoms in total. The summed E-state index contributed by atoms with van der Waals surface area (Å²) >= 11 is 0. The standard InChI is InChI=1S/C28H34F4N6O3/c1-17-4-5-19(13-33-17)26(40)10-8-21(9-11-26)38-15-20(16-38)35-24(39)14-34-25-22-12-18(6-7-23(22)37(2)36-25)27(29,41-3)28(30,31)32/h4-7,12-13,20-21,40H,8-11,14-16H2,1-3H3,(H,34,36)(H,35,39)/t21-,26-,27?. The minimum Gasteiger partial charge on any atom is -0.385 e. The molecule has 13 heteroatoms. The van der Waals surface area contributed by atoms with Gasteiger partial charge in [-0.1, -0.05) is 12.1 Å². The number of nitrogens with zero attached hydrogens (tertiary/aromatic N) is 4. The van der Waals surface area contributed by atoms with Crippen molar-refractivity contribution in [2.24, 2.45) is 7.05 Å². The highest BCUT2D eigenvalue weighted by molar-refractivity contribution is 5.92. The van der Waals surface area contributed by atoms with Crippen LogP contribution in [0.15, 0.2) is 36.5 Å². The van der Waals surface area contributed by atoms with Crippen LogP contribution in [0.5, 0.6) is 0 Å². The van der Waals surface area contributed by atoms with Crippen molar-refractivity contribution in [1.82, 2.24) is 25.0 Å². The van der Waals surface area contributed by atoms with E-state index in [1.165, 1.54) is 10.7 Å². The molecule has 3 N–H and O–H groups in total. The number of methoxy groups -OCH3 is 1. The topological polar surface area (TPSA) is 105 Å². The Labute approximate surface area is 234 Å². The third-order valence-corrected chi connectivity index (χ3v) is 8.31. The number of halogens is 4. The van der Waals surface area contributed by atoms with Gasteiger partial charge in [0.1, 0.15) is 0 Å². The van der Waals surface area contributed by atoms with Crippen LogP contribution < -0.4 is 10.6 Å². The number of ether oxygens (including phenoxy) is 1. The van der Waals surface area contributed by atoms with Gasteiger partial charge in [-0.05, 0) is 50.8 Å². The van der Waals surface area contributed by atoms with E-state index in [4.69, 9.17) is 0 Å². The Morgan fingerprint density at radius 1 is 1.17 bits per heavy atom. The molecule has 1 amide bonds. The Balaban J connectivity index is 1.13. The van der Waals surface area contributed by atoms with Gasteiger partial charge in [0.15, 0.2) is 5.82 Å². The maximum Gasteiger partial charge on any atom is 0.453 e. The highest BCUT2D eigenvalue weighted by atomic mass is 19.4. The van der Waals surface area contributed by atoms with Crippen molar-refractivity contribution in [2.45, 2.75) is 62.3 Å². The molecule has 2 aromatic heterocycles. The number of rotatable bonds is 8. The monoisotopic (exact) mass is 578 g/mol. The molecule has 0 spiro atoms. The second-order valence-electron chi connectivity index (χ2n) is 11.0. The number of alkyl halides is 4. The molecule has 1 unspecified atom stereocenters. The van der Waals surface area contributed by atoms with Crippen molar-refractivity contribution < 1.29 is 32.2 Å². The quantitative estimate of drug-likeness (QED) is 0.351. The number of hydrogen-bond acceptors (Lipinski definition) is 7. The van der Waals surface area contributed by atoms with Crippen LogP contribution in [0.4, 0.5) is 23.4 Å². The van der Waals surface area contributed by atoms with Gasteiger partial charge in [0.2, 0.25) is 5.91 Å². The van der Waals surface area contributed by atoms with Crippen molar-refractivity contribution >= 4 is 22.6 Å². The predicted molar refractivity (Wildman–Crippen MR) is 144 cm³/mol. The summed E-state index contributed by atoms with van der Waals surface area (Å²) in [6, 6.07) is 7.52. The number of carbonyl (C=O) groups is 1. The fraction of sp³-hybridized carbons (Fsp3) is 0.536. The van der Waals surface area contributed by atoms with Gasteiger partial charge >= 0.3 is 12.0 Å². The molecule has 2 fully saturated rings. The van der Waals surface area contributed by atoms with Gasteiger partial charge in [-0.15, -0.1) is 0 Å². The van der Waals surface area contributed by atoms with E-state index >= 15 is 0 Å². The van der Waals surface area contributed by atoms with Crippen molar-refractivity contribution in [1.29, 1.82) is 0 Å². The van der Waals surface area contributed by atoms with Gasteiger partial charge < -0.3 is 20.5 Å². The largest absolute Gasteiger partial charge is 0.453 e. The summed E-state index contributed by atoms with van der Waals surface area (Å²) in [4.78, 5) is 19.2. The van der Waals surface area contributed by atoms with Crippen LogP contribution in [-0.2, 0) is 28.0 Å². The van der Waals surface area contributed by atoms with Crippen LogP contribution in [0.1, 0.15) is 42.5 Å². The average Bonchev–Trinajstić information content (AvgIpc) is 3.23. The lowest BCUT2D eigenvalue weighted by molar-refractivity contribution is -0.333. The number of aromatic nitrogens is 3. The first-order valence-corrected chi connectivity index (χ1v) is 13.5. The molecule has 222 valence electrons. The summed E-state index contributed by atoms with van der Waals surface area (Å²) < 4.78 is 60.5. The third kappa shape index (κ3) is 5.62. The fourth-order valence-corrected chi connectivity index (χ4v) is 5.82. The van der Waals surface area contributed by atoms with Crippen LogP contribution >= 0.6 is 0 Å². The predicted octanol–water partition coefficient (Wildman–Crippen LogP) is 3.65. The molecule has 0 radical (unpaired) electrons. The Kier molecular flexibility index (Phi) is 7.72. The van der Waals surface area contributed by atoms with Gasteiger partial charge in [0, 0.05) is 61.7 Å². The first kappa shape index (κ1) is 29.2. The minimum atomic E-state index is -5.28. The van der Waals surface area contributed by atoms with Gasteiger partial charge in [-0.2, -0.15) is 22.7 Å². The summed E-state index contributed by atoms with van der Waals surface area (Å²) in [6.07, 6.45) is -0.536. The highest BCUT2D eigenvalue weighted by Gasteiger charge is 2.58. The maximum atomic E-state index is 14.7. The first-order valence-electron chi connectivity index (χ1n) is 13.5. The normalized spacial score (nSPS) is 23.7. The number of benzene rings is 1. The molecule has 1 saturated heterocycles. The summed E-state index contributed by atoms with van der Waals surface area (Å²) in [5.74, 6) is -4.10. The number of amides is 1. The summed E-state index contributed by atoms with van der Waals surface area (Å²) in [7, 11) is 2.26. The third-order valence-electron chi connectivity index (χ3n) is 8.31. The number of aryl methyl sites for hydroxylation is 2. The molecule has 2 aliphatic rings. The fourth-order valence-electron chi connectivity index (χ4n) is 5.82. The second-order valence-corrected chi connectivity index (χ2v) is 11.0. The number of aliphatic hydroxyl groups is 1. The van der Waals surface area contributed by atoms with Crippen LogP contribution in [0, 0.1) is 6.92 Å². The van der Waals surface area contributed by atoms with Crippen molar-refractivity contribution in [3.63, 3.8) is 0 Å². The van der Waals surface area contributed by atoms with Gasteiger partial charge in [-0.25, -0.2) is 0 Å². The van der Waals surface area contributed by atoms with E-state index in [0.29, 0.717) is 44.6 Å². The van der Waals surface area contributed by atoms with Crippen molar-refractivity contribution in [3.05, 3.63) is 53.3 Å². The highest BCUT2D eigenvalue weighted by Crippen LogP contribution is 2.44. The smallest absolute Gasteiger partial charge is 0.385 e. The molecule has 3 aromatic rings. The molecule has 3 heterocycles. The lowest BCUT2D eigenvalue weighted by Gasteiger charge is -2.48. The summed E-state index contributed by atoms with van der Waals surface area (Å²) in [6.45, 7) is 3.16. The SMILES string of the molecule is COC(F)(c1ccc2c(c1)c(NCC(=O)NC1CN([C@H]3CC[C@@](O)(c4ccc(C)nc4)CC3)C1)nn2C)C(F)(F)F. The number of likely N-dealkylation sites (tertiary alicyclic amines) is 1. The molecule has 5 rings (SSSR count). The number of carbonyl (C=O) groups excluding carboxylic acids is 1. The van der Waals surface area contributed by atoms with Gasteiger partial charge in [0.05, 0.1) is 23.7 Å². The molecular weight excluding hydrogens is 544 g/mol. The van der Waals surface area contributed by atoms with Crippen LogP contribution in [-0.4, -0.2) is 75.7 Å². The van der Waals surface area contributed by atoms with E-state index in [2.05, 4.69) is 30.4 Å². The van der Waals surface area contributed by atoms with E-state index < -0.39 is 23.2 Å². The number of hydrogen-bond donors (Lipinski definition) is 3. The minimum absolute atomic E-state index is 0.0286. The van der Waals surface area contributed by atoms with Crippen LogP contribution in [0.25, 0.3) is 10.9 Å². The van der Waals surface area contributed by atoms with E-state index in [-0.39, 0.29) is 29.7 Å². The number of nitrogens with one attached hydrogen (secondary N) is 2. The van der Waals surface area contributed by atoms with Gasteiger partial charge in [-0.3, -0.25) is 19.4 Å². The van der Waals surface area contributed by atoms with E-state index in [1.807, 2.05) is 19.1 Å². The Hall–Kier alpha value is -3.29. The molecule has 1 atom stereocenters. The van der Waals surface area contributed by atoms with Crippen molar-refractivity contribution in [3.8, 4) is 0 Å². The number of anilines is 1. The molecule has 41 heavy (non-hydrogen) atoms. The molecular formula is C28H34F4N6O3. The van der Waals surface area contributed by atoms with Crippen LogP contribution in [0.3, 0.4) is 0 Å². The second kappa shape index (κ2) is 10.8. The molecule has 1 aliphatic carbocycles. The number of pyridine rings is 1. The van der Waals surface area contributed by atoms with E-state index in [9.17, 15) is 27.5 Å². The zero-order chi connectivity index (χ0) is 29.6. The molecule has 0 bridgehead atoms.